The van der Waals surface area contributed by atoms with Crippen LogP contribution in [-0.2, 0) is 0 Å². The van der Waals surface area contributed by atoms with Gasteiger partial charge in [0.25, 0.3) is 0 Å². The normalized spacial score (nSPS) is 39.9. The summed E-state index contributed by atoms with van der Waals surface area (Å²) in [5.41, 5.74) is 5.86. The van der Waals surface area contributed by atoms with E-state index in [-0.39, 0.29) is 6.10 Å². The van der Waals surface area contributed by atoms with Crippen molar-refractivity contribution in [3.05, 3.63) is 0 Å². The van der Waals surface area contributed by atoms with Crippen molar-refractivity contribution >= 4 is 0 Å². The first kappa shape index (κ1) is 13.3. The Morgan fingerprint density at radius 3 is 2.35 bits per heavy atom. The second-order valence-corrected chi connectivity index (χ2v) is 5.87. The van der Waals surface area contributed by atoms with Crippen LogP contribution in [0.5, 0.6) is 0 Å². The van der Waals surface area contributed by atoms with Gasteiger partial charge in [-0.15, -0.1) is 0 Å². The number of aliphatic hydroxyl groups excluding tert-OH is 1. The van der Waals surface area contributed by atoms with Crippen molar-refractivity contribution < 1.29 is 5.11 Å². The molecule has 2 fully saturated rings. The molecule has 4 N–H and O–H groups in total. The molecule has 2 aliphatic carbocycles. The zero-order valence-electron chi connectivity index (χ0n) is 10.9. The number of aliphatic hydroxyl groups is 1. The molecule has 4 atom stereocenters. The van der Waals surface area contributed by atoms with Crippen LogP contribution in [0.1, 0.15) is 57.8 Å². The van der Waals surface area contributed by atoms with Gasteiger partial charge in [-0.2, -0.15) is 0 Å². The lowest BCUT2D eigenvalue weighted by atomic mass is 9.83. The molecule has 2 aliphatic rings. The molecule has 0 radical (unpaired) electrons. The predicted molar refractivity (Wildman–Crippen MR) is 70.8 cm³/mol. The number of rotatable bonds is 3. The van der Waals surface area contributed by atoms with Crippen LogP contribution in [0.15, 0.2) is 0 Å². The Labute approximate surface area is 105 Å². The first-order valence-corrected chi connectivity index (χ1v) is 7.45. The van der Waals surface area contributed by atoms with Gasteiger partial charge in [0.2, 0.25) is 0 Å². The first-order chi connectivity index (χ1) is 8.31. The van der Waals surface area contributed by atoms with Crippen molar-refractivity contribution in [2.75, 3.05) is 6.54 Å². The van der Waals surface area contributed by atoms with Crippen LogP contribution in [0.25, 0.3) is 0 Å². The van der Waals surface area contributed by atoms with Crippen LogP contribution < -0.4 is 11.1 Å². The van der Waals surface area contributed by atoms with E-state index in [4.69, 9.17) is 5.73 Å². The summed E-state index contributed by atoms with van der Waals surface area (Å²) in [4.78, 5) is 0. The summed E-state index contributed by atoms with van der Waals surface area (Å²) < 4.78 is 0. The zero-order chi connectivity index (χ0) is 12.1. The molecule has 0 aliphatic heterocycles. The highest BCUT2D eigenvalue weighted by Crippen LogP contribution is 2.26. The number of nitrogens with one attached hydrogen (secondary N) is 1. The van der Waals surface area contributed by atoms with Gasteiger partial charge in [-0.1, -0.05) is 32.1 Å². The molecule has 0 aromatic rings. The standard InChI is InChI=1S/C14H28N2O/c15-10-11-6-4-5-7-12(11)16-13-8-2-1-3-9-14(13)17/h11-14,16-17H,1-10,15H2. The summed E-state index contributed by atoms with van der Waals surface area (Å²) in [6.07, 6.45) is 10.8. The van der Waals surface area contributed by atoms with E-state index in [1.807, 2.05) is 0 Å². The van der Waals surface area contributed by atoms with Gasteiger partial charge in [0.05, 0.1) is 6.10 Å². The molecule has 0 saturated heterocycles. The van der Waals surface area contributed by atoms with E-state index in [1.165, 1.54) is 44.9 Å². The van der Waals surface area contributed by atoms with Gasteiger partial charge in [0.15, 0.2) is 0 Å². The Balaban J connectivity index is 1.88. The molecule has 2 saturated carbocycles. The Morgan fingerprint density at radius 2 is 1.53 bits per heavy atom. The van der Waals surface area contributed by atoms with E-state index < -0.39 is 0 Å². The summed E-state index contributed by atoms with van der Waals surface area (Å²) in [5.74, 6) is 0.624. The monoisotopic (exact) mass is 240 g/mol. The van der Waals surface area contributed by atoms with Crippen molar-refractivity contribution in [1.29, 1.82) is 0 Å². The molecule has 0 heterocycles. The van der Waals surface area contributed by atoms with Crippen LogP contribution in [0.2, 0.25) is 0 Å². The van der Waals surface area contributed by atoms with Crippen molar-refractivity contribution in [3.8, 4) is 0 Å². The molecule has 3 heteroatoms. The highest BCUT2D eigenvalue weighted by atomic mass is 16.3. The maximum absolute atomic E-state index is 10.1. The molecule has 0 aromatic heterocycles. The van der Waals surface area contributed by atoms with Gasteiger partial charge in [-0.05, 0) is 38.1 Å². The Morgan fingerprint density at radius 1 is 0.882 bits per heavy atom. The molecule has 0 spiro atoms. The van der Waals surface area contributed by atoms with Crippen LogP contribution in [0.4, 0.5) is 0 Å². The van der Waals surface area contributed by atoms with Crippen molar-refractivity contribution in [3.63, 3.8) is 0 Å². The van der Waals surface area contributed by atoms with Crippen LogP contribution in [0.3, 0.4) is 0 Å². The first-order valence-electron chi connectivity index (χ1n) is 7.45. The van der Waals surface area contributed by atoms with Gasteiger partial charge in [0.1, 0.15) is 0 Å². The van der Waals surface area contributed by atoms with Gasteiger partial charge in [0, 0.05) is 12.1 Å². The Kier molecular flexibility index (Phi) is 5.26. The average Bonchev–Trinajstić information content (AvgIpc) is 2.56. The van der Waals surface area contributed by atoms with E-state index in [0.717, 1.165) is 19.4 Å². The van der Waals surface area contributed by atoms with E-state index in [0.29, 0.717) is 18.0 Å². The molecule has 0 aromatic carbocycles. The van der Waals surface area contributed by atoms with Gasteiger partial charge < -0.3 is 16.2 Å². The maximum atomic E-state index is 10.1. The largest absolute Gasteiger partial charge is 0.392 e. The maximum Gasteiger partial charge on any atom is 0.0693 e. The van der Waals surface area contributed by atoms with Crippen molar-refractivity contribution in [2.45, 2.75) is 76.0 Å². The number of nitrogens with two attached hydrogens (primary N) is 1. The van der Waals surface area contributed by atoms with Gasteiger partial charge in [-0.25, -0.2) is 0 Å². The average molecular weight is 240 g/mol. The predicted octanol–water partition coefficient (Wildman–Crippen LogP) is 1.79. The summed E-state index contributed by atoms with van der Waals surface area (Å²) in [5, 5.41) is 13.9. The number of hydrogen-bond acceptors (Lipinski definition) is 3. The third-order valence-corrected chi connectivity index (χ3v) is 4.62. The Hall–Kier alpha value is -0.120. The van der Waals surface area contributed by atoms with E-state index in [9.17, 15) is 5.11 Å². The SMILES string of the molecule is NCC1CCCCC1NC1CCCCCC1O. The highest BCUT2D eigenvalue weighted by molar-refractivity contribution is 4.87. The Bertz CT molecular complexity index is 222. The van der Waals surface area contributed by atoms with Crippen LogP contribution in [0, 0.1) is 5.92 Å². The second kappa shape index (κ2) is 6.72. The molecule has 2 rings (SSSR count). The van der Waals surface area contributed by atoms with Crippen molar-refractivity contribution in [1.82, 2.24) is 5.32 Å². The summed E-state index contributed by atoms with van der Waals surface area (Å²) in [6, 6.07) is 0.862. The quantitative estimate of drug-likeness (QED) is 0.659. The van der Waals surface area contributed by atoms with Crippen molar-refractivity contribution in [2.24, 2.45) is 11.7 Å². The molecule has 0 amide bonds. The summed E-state index contributed by atoms with van der Waals surface area (Å²) >= 11 is 0. The molecular formula is C14H28N2O. The summed E-state index contributed by atoms with van der Waals surface area (Å²) in [7, 11) is 0. The molecule has 3 nitrogen and oxygen atoms in total. The van der Waals surface area contributed by atoms with E-state index in [1.54, 1.807) is 0 Å². The smallest absolute Gasteiger partial charge is 0.0693 e. The van der Waals surface area contributed by atoms with Gasteiger partial charge >= 0.3 is 0 Å². The number of hydrogen-bond donors (Lipinski definition) is 3. The second-order valence-electron chi connectivity index (χ2n) is 5.87. The molecule has 4 unspecified atom stereocenters. The molecular weight excluding hydrogens is 212 g/mol. The van der Waals surface area contributed by atoms with E-state index in [2.05, 4.69) is 5.32 Å². The third kappa shape index (κ3) is 3.67. The van der Waals surface area contributed by atoms with Crippen LogP contribution >= 0.6 is 0 Å². The lowest BCUT2D eigenvalue weighted by Crippen LogP contribution is -2.50. The fourth-order valence-electron chi connectivity index (χ4n) is 3.47. The zero-order valence-corrected chi connectivity index (χ0v) is 10.9. The fraction of sp³-hybridized carbons (Fsp3) is 1.00. The minimum Gasteiger partial charge on any atom is -0.392 e. The third-order valence-electron chi connectivity index (χ3n) is 4.62. The minimum absolute atomic E-state index is 0.141. The molecule has 100 valence electrons. The lowest BCUT2D eigenvalue weighted by Gasteiger charge is -2.35. The highest BCUT2D eigenvalue weighted by Gasteiger charge is 2.29. The van der Waals surface area contributed by atoms with Crippen LogP contribution in [-0.4, -0.2) is 29.8 Å². The molecule has 0 bridgehead atoms. The molecule has 17 heavy (non-hydrogen) atoms. The topological polar surface area (TPSA) is 58.3 Å². The summed E-state index contributed by atoms with van der Waals surface area (Å²) in [6.45, 7) is 0.792. The lowest BCUT2D eigenvalue weighted by molar-refractivity contribution is 0.101. The minimum atomic E-state index is -0.141. The van der Waals surface area contributed by atoms with Gasteiger partial charge in [-0.3, -0.25) is 0 Å². The fourth-order valence-corrected chi connectivity index (χ4v) is 3.47. The van der Waals surface area contributed by atoms with E-state index >= 15 is 0 Å².